The number of rotatable bonds is 1. The number of allylic oxidation sites excluding steroid dienone is 2. The average Bonchev–Trinajstić information content (AvgIpc) is 2.13. The Kier molecular flexibility index (Phi) is 3.05. The lowest BCUT2D eigenvalue weighted by Crippen LogP contribution is -2.39. The molecule has 0 aliphatic carbocycles. The van der Waals surface area contributed by atoms with Gasteiger partial charge in [0.05, 0.1) is 5.70 Å². The first-order valence-electron chi connectivity index (χ1n) is 4.45. The van der Waals surface area contributed by atoms with Crippen LogP contribution in [0.1, 0.15) is 6.92 Å². The van der Waals surface area contributed by atoms with Crippen LogP contribution < -0.4 is 0 Å². The molecule has 1 aliphatic heterocycles. The standard InChI is InChI=1S/C10H12F3NO2/c1-5-4-6(2)14(3)7(8(5)15)9(16)10(11,12)13/h4,9,15-16H,1H2,2-3H3. The van der Waals surface area contributed by atoms with Crippen molar-refractivity contribution in [3.8, 4) is 0 Å². The van der Waals surface area contributed by atoms with Gasteiger partial charge in [0.2, 0.25) is 0 Å². The van der Waals surface area contributed by atoms with Crippen molar-refractivity contribution in [1.82, 2.24) is 4.90 Å². The Hall–Kier alpha value is -1.43. The predicted molar refractivity (Wildman–Crippen MR) is 52.4 cm³/mol. The summed E-state index contributed by atoms with van der Waals surface area (Å²) in [4.78, 5) is 1.09. The molecule has 1 atom stereocenters. The van der Waals surface area contributed by atoms with Gasteiger partial charge in [-0.05, 0) is 13.0 Å². The minimum absolute atomic E-state index is 0.0499. The number of hydrogen-bond donors (Lipinski definition) is 2. The first-order valence-corrected chi connectivity index (χ1v) is 4.45. The van der Waals surface area contributed by atoms with E-state index >= 15 is 0 Å². The van der Waals surface area contributed by atoms with Crippen molar-refractivity contribution in [1.29, 1.82) is 0 Å². The predicted octanol–water partition coefficient (Wildman–Crippen LogP) is 2.08. The lowest BCUT2D eigenvalue weighted by molar-refractivity contribution is -0.196. The molecule has 0 saturated carbocycles. The second kappa shape index (κ2) is 3.86. The van der Waals surface area contributed by atoms with Crippen molar-refractivity contribution in [3.05, 3.63) is 35.4 Å². The molecule has 0 aromatic heterocycles. The molecular weight excluding hydrogens is 223 g/mol. The fraction of sp³-hybridized carbons (Fsp3) is 0.400. The van der Waals surface area contributed by atoms with Crippen LogP contribution in [0.3, 0.4) is 0 Å². The van der Waals surface area contributed by atoms with Crippen LogP contribution in [0.4, 0.5) is 13.2 Å². The third kappa shape index (κ3) is 2.06. The van der Waals surface area contributed by atoms with E-state index in [1.165, 1.54) is 13.1 Å². The van der Waals surface area contributed by atoms with Gasteiger partial charge in [-0.1, -0.05) is 6.58 Å². The highest BCUT2D eigenvalue weighted by Crippen LogP contribution is 2.34. The summed E-state index contributed by atoms with van der Waals surface area (Å²) in [5.41, 5.74) is -0.0903. The lowest BCUT2D eigenvalue weighted by Gasteiger charge is -2.32. The number of aliphatic hydroxyl groups is 2. The van der Waals surface area contributed by atoms with Crippen LogP contribution in [0.5, 0.6) is 0 Å². The largest absolute Gasteiger partial charge is 0.505 e. The molecule has 1 rings (SSSR count). The highest BCUT2D eigenvalue weighted by Gasteiger charge is 2.44. The van der Waals surface area contributed by atoms with E-state index in [9.17, 15) is 18.3 Å². The van der Waals surface area contributed by atoms with Crippen LogP contribution >= 0.6 is 0 Å². The third-order valence-electron chi connectivity index (χ3n) is 2.39. The molecule has 6 heteroatoms. The van der Waals surface area contributed by atoms with Crippen molar-refractivity contribution in [2.24, 2.45) is 0 Å². The summed E-state index contributed by atoms with van der Waals surface area (Å²) in [5.74, 6) is -0.641. The van der Waals surface area contributed by atoms with E-state index in [2.05, 4.69) is 6.58 Å². The second-order valence-corrected chi connectivity index (χ2v) is 3.55. The molecule has 16 heavy (non-hydrogen) atoms. The fourth-order valence-electron chi connectivity index (χ4n) is 1.40. The monoisotopic (exact) mass is 235 g/mol. The highest BCUT2D eigenvalue weighted by molar-refractivity contribution is 5.43. The van der Waals surface area contributed by atoms with Crippen molar-refractivity contribution >= 4 is 0 Å². The van der Waals surface area contributed by atoms with Crippen molar-refractivity contribution in [2.75, 3.05) is 7.05 Å². The Morgan fingerprint density at radius 3 is 2.38 bits per heavy atom. The first kappa shape index (κ1) is 12.6. The van der Waals surface area contributed by atoms with Gasteiger partial charge in [-0.2, -0.15) is 13.2 Å². The van der Waals surface area contributed by atoms with E-state index in [4.69, 9.17) is 5.11 Å². The SMILES string of the molecule is C=C1C=C(C)N(C)C(C(O)C(F)(F)F)=C1O. The number of aliphatic hydroxyl groups excluding tert-OH is 2. The van der Waals surface area contributed by atoms with Gasteiger partial charge in [0.25, 0.3) is 0 Å². The van der Waals surface area contributed by atoms with Crippen molar-refractivity contribution < 1.29 is 23.4 Å². The number of hydrogen-bond acceptors (Lipinski definition) is 3. The summed E-state index contributed by atoms with van der Waals surface area (Å²) in [5, 5.41) is 18.6. The smallest absolute Gasteiger partial charge is 0.420 e. The molecule has 0 aromatic carbocycles. The highest BCUT2D eigenvalue weighted by atomic mass is 19.4. The van der Waals surface area contributed by atoms with Crippen LogP contribution in [-0.4, -0.2) is 34.4 Å². The molecule has 1 unspecified atom stereocenters. The van der Waals surface area contributed by atoms with E-state index in [0.29, 0.717) is 5.70 Å². The molecule has 0 aromatic rings. The molecule has 1 aliphatic rings. The molecule has 3 nitrogen and oxygen atoms in total. The summed E-state index contributed by atoms with van der Waals surface area (Å²) < 4.78 is 37.1. The molecule has 0 spiro atoms. The summed E-state index contributed by atoms with van der Waals surface area (Å²) in [6, 6.07) is 0. The molecule has 0 amide bonds. The van der Waals surface area contributed by atoms with E-state index < -0.39 is 23.7 Å². The summed E-state index contributed by atoms with van der Waals surface area (Å²) in [7, 11) is 1.33. The summed E-state index contributed by atoms with van der Waals surface area (Å²) in [6.07, 6.45) is -6.12. The third-order valence-corrected chi connectivity index (χ3v) is 2.39. The van der Waals surface area contributed by atoms with Gasteiger partial charge in [-0.3, -0.25) is 0 Å². The van der Waals surface area contributed by atoms with Gasteiger partial charge in [0.15, 0.2) is 6.10 Å². The summed E-state index contributed by atoms with van der Waals surface area (Å²) >= 11 is 0. The van der Waals surface area contributed by atoms with E-state index in [-0.39, 0.29) is 5.57 Å². The summed E-state index contributed by atoms with van der Waals surface area (Å²) in [6.45, 7) is 4.96. The first-order chi connectivity index (χ1) is 7.16. The molecular formula is C10H12F3NO2. The Morgan fingerprint density at radius 1 is 1.44 bits per heavy atom. The zero-order chi connectivity index (χ0) is 12.7. The number of nitrogens with zero attached hydrogens (tertiary/aromatic N) is 1. The van der Waals surface area contributed by atoms with Gasteiger partial charge in [-0.25, -0.2) is 0 Å². The topological polar surface area (TPSA) is 43.7 Å². The molecule has 0 saturated heterocycles. The minimum atomic E-state index is -4.82. The fourth-order valence-corrected chi connectivity index (χ4v) is 1.40. The van der Waals surface area contributed by atoms with Crippen LogP contribution in [-0.2, 0) is 0 Å². The molecule has 90 valence electrons. The minimum Gasteiger partial charge on any atom is -0.505 e. The number of likely N-dealkylation sites (N-methyl/N-ethyl adjacent to an activating group) is 1. The van der Waals surface area contributed by atoms with Gasteiger partial charge < -0.3 is 15.1 Å². The van der Waals surface area contributed by atoms with Gasteiger partial charge >= 0.3 is 6.18 Å². The normalized spacial score (nSPS) is 20.0. The Balaban J connectivity index is 3.20. The maximum absolute atomic E-state index is 12.4. The molecule has 0 fully saturated rings. The Morgan fingerprint density at radius 2 is 1.94 bits per heavy atom. The molecule has 2 N–H and O–H groups in total. The van der Waals surface area contributed by atoms with Crippen LogP contribution in [0.15, 0.2) is 35.4 Å². The van der Waals surface area contributed by atoms with E-state index in [1.807, 2.05) is 0 Å². The van der Waals surface area contributed by atoms with Crippen LogP contribution in [0.25, 0.3) is 0 Å². The molecule has 0 radical (unpaired) electrons. The van der Waals surface area contributed by atoms with Crippen molar-refractivity contribution in [2.45, 2.75) is 19.2 Å². The lowest BCUT2D eigenvalue weighted by atomic mass is 10.0. The van der Waals surface area contributed by atoms with Crippen molar-refractivity contribution in [3.63, 3.8) is 0 Å². The molecule has 0 bridgehead atoms. The van der Waals surface area contributed by atoms with E-state index in [0.717, 1.165) is 4.90 Å². The Bertz CT molecular complexity index is 382. The van der Waals surface area contributed by atoms with Gasteiger partial charge in [-0.15, -0.1) is 0 Å². The number of alkyl halides is 3. The zero-order valence-electron chi connectivity index (χ0n) is 8.84. The maximum Gasteiger partial charge on any atom is 0.420 e. The Labute approximate surface area is 90.8 Å². The van der Waals surface area contributed by atoms with E-state index in [1.54, 1.807) is 6.92 Å². The number of halogens is 3. The molecule has 1 heterocycles. The van der Waals surface area contributed by atoms with Gasteiger partial charge in [0, 0.05) is 18.3 Å². The van der Waals surface area contributed by atoms with Crippen LogP contribution in [0, 0.1) is 0 Å². The maximum atomic E-state index is 12.4. The van der Waals surface area contributed by atoms with Gasteiger partial charge in [0.1, 0.15) is 5.76 Å². The zero-order valence-corrected chi connectivity index (χ0v) is 8.84. The second-order valence-electron chi connectivity index (χ2n) is 3.55. The quantitative estimate of drug-likeness (QED) is 0.731. The average molecular weight is 235 g/mol. The van der Waals surface area contributed by atoms with Crippen LogP contribution in [0.2, 0.25) is 0 Å².